The van der Waals surface area contributed by atoms with E-state index in [1.165, 1.54) is 17.2 Å². The molecule has 1 nitrogen and oxygen atoms in total. The molecule has 0 amide bonds. The number of hydrogen-bond acceptors (Lipinski definition) is 1. The third-order valence-corrected chi connectivity index (χ3v) is 4.47. The van der Waals surface area contributed by atoms with E-state index in [9.17, 15) is 9.50 Å². The van der Waals surface area contributed by atoms with Crippen molar-refractivity contribution in [3.05, 3.63) is 70.0 Å². The van der Waals surface area contributed by atoms with Gasteiger partial charge in [0.2, 0.25) is 0 Å². The summed E-state index contributed by atoms with van der Waals surface area (Å²) in [6, 6.07) is 12.8. The van der Waals surface area contributed by atoms with Gasteiger partial charge in [-0.05, 0) is 36.1 Å². The van der Waals surface area contributed by atoms with E-state index in [-0.39, 0.29) is 18.2 Å². The van der Waals surface area contributed by atoms with E-state index in [0.29, 0.717) is 10.6 Å². The summed E-state index contributed by atoms with van der Waals surface area (Å²) in [5, 5.41) is 10.9. The zero-order valence-electron chi connectivity index (χ0n) is 11.0. The molecule has 0 aromatic heterocycles. The Labute approximate surface area is 123 Å². The molecule has 1 aliphatic carbocycles. The smallest absolute Gasteiger partial charge is 0.127 e. The third-order valence-electron chi connectivity index (χ3n) is 4.12. The molecule has 1 aliphatic rings. The highest BCUT2D eigenvalue weighted by molar-refractivity contribution is 6.31. The van der Waals surface area contributed by atoms with Gasteiger partial charge in [-0.25, -0.2) is 4.39 Å². The number of fused-ring (bicyclic) bond motifs is 1. The summed E-state index contributed by atoms with van der Waals surface area (Å²) in [4.78, 5) is 0. The number of halogens is 2. The quantitative estimate of drug-likeness (QED) is 0.902. The van der Waals surface area contributed by atoms with Crippen LogP contribution in [0.3, 0.4) is 0 Å². The predicted octanol–water partition coefficient (Wildman–Crippen LogP) is 4.11. The monoisotopic (exact) mass is 290 g/mol. The first-order valence-electron chi connectivity index (χ1n) is 6.85. The number of benzene rings is 2. The first kappa shape index (κ1) is 13.6. The Balaban J connectivity index is 1.83. The summed E-state index contributed by atoms with van der Waals surface area (Å²) >= 11 is 6.03. The fourth-order valence-corrected chi connectivity index (χ4v) is 3.31. The Morgan fingerprint density at radius 1 is 1.20 bits per heavy atom. The van der Waals surface area contributed by atoms with Crippen molar-refractivity contribution in [1.82, 2.24) is 0 Å². The number of hydrogen-bond donors (Lipinski definition) is 1. The number of aliphatic hydroxyl groups is 1. The van der Waals surface area contributed by atoms with Gasteiger partial charge < -0.3 is 5.11 Å². The van der Waals surface area contributed by atoms with Gasteiger partial charge in [-0.3, -0.25) is 0 Å². The molecule has 0 heterocycles. The van der Waals surface area contributed by atoms with Gasteiger partial charge in [0, 0.05) is 22.9 Å². The maximum absolute atomic E-state index is 13.8. The summed E-state index contributed by atoms with van der Waals surface area (Å²) in [6.07, 6.45) is 1.54. The molecule has 0 saturated heterocycles. The fourth-order valence-electron chi connectivity index (χ4n) is 3.07. The van der Waals surface area contributed by atoms with Crippen molar-refractivity contribution in [2.24, 2.45) is 0 Å². The molecule has 3 heteroatoms. The highest BCUT2D eigenvalue weighted by atomic mass is 35.5. The maximum Gasteiger partial charge on any atom is 0.127 e. The zero-order valence-corrected chi connectivity index (χ0v) is 11.8. The van der Waals surface area contributed by atoms with Crippen LogP contribution in [0.15, 0.2) is 42.5 Å². The average molecular weight is 291 g/mol. The summed E-state index contributed by atoms with van der Waals surface area (Å²) in [6.45, 7) is 0. The van der Waals surface area contributed by atoms with E-state index in [4.69, 9.17) is 11.6 Å². The Hall–Kier alpha value is -1.38. The summed E-state index contributed by atoms with van der Waals surface area (Å²) < 4.78 is 13.8. The van der Waals surface area contributed by atoms with Crippen LogP contribution in [0.5, 0.6) is 0 Å². The topological polar surface area (TPSA) is 20.2 Å². The van der Waals surface area contributed by atoms with Gasteiger partial charge >= 0.3 is 0 Å². The number of aliphatic hydroxyl groups excluding tert-OH is 1. The molecule has 0 spiro atoms. The van der Waals surface area contributed by atoms with Gasteiger partial charge in [0.15, 0.2) is 0 Å². The average Bonchev–Trinajstić information content (AvgIpc) is 2.87. The summed E-state index contributed by atoms with van der Waals surface area (Å²) in [5.41, 5.74) is 2.88. The molecule has 2 unspecified atom stereocenters. The van der Waals surface area contributed by atoms with Crippen LogP contribution in [0.4, 0.5) is 4.39 Å². The Kier molecular flexibility index (Phi) is 3.77. The van der Waals surface area contributed by atoms with Crippen molar-refractivity contribution in [3.63, 3.8) is 0 Å². The molecule has 3 rings (SSSR count). The molecule has 0 aliphatic heterocycles. The molecule has 104 valence electrons. The number of rotatable bonds is 3. The second kappa shape index (κ2) is 5.55. The predicted molar refractivity (Wildman–Crippen MR) is 78.6 cm³/mol. The van der Waals surface area contributed by atoms with Gasteiger partial charge in [-0.15, -0.1) is 0 Å². The Morgan fingerprint density at radius 3 is 2.80 bits per heavy atom. The molecule has 0 bridgehead atoms. The van der Waals surface area contributed by atoms with Gasteiger partial charge in [0.25, 0.3) is 0 Å². The van der Waals surface area contributed by atoms with E-state index in [1.54, 1.807) is 12.1 Å². The molecule has 0 saturated carbocycles. The van der Waals surface area contributed by atoms with Crippen molar-refractivity contribution in [3.8, 4) is 0 Å². The van der Waals surface area contributed by atoms with Crippen LogP contribution in [-0.2, 0) is 12.8 Å². The molecule has 0 fully saturated rings. The van der Waals surface area contributed by atoms with E-state index >= 15 is 0 Å². The maximum atomic E-state index is 13.8. The van der Waals surface area contributed by atoms with Crippen LogP contribution in [0.1, 0.15) is 29.0 Å². The molecular formula is C17H16ClFO. The number of aryl methyl sites for hydroxylation is 1. The Bertz CT molecular complexity index is 606. The van der Waals surface area contributed by atoms with Crippen molar-refractivity contribution in [2.75, 3.05) is 0 Å². The van der Waals surface area contributed by atoms with E-state index in [0.717, 1.165) is 12.8 Å². The lowest BCUT2D eigenvalue weighted by Crippen LogP contribution is -2.20. The minimum atomic E-state index is -0.604. The molecule has 2 aromatic rings. The van der Waals surface area contributed by atoms with Gasteiger partial charge in [-0.1, -0.05) is 41.9 Å². The van der Waals surface area contributed by atoms with Crippen LogP contribution in [-0.4, -0.2) is 11.2 Å². The molecular weight excluding hydrogens is 275 g/mol. The molecule has 0 radical (unpaired) electrons. The fraction of sp³-hybridized carbons (Fsp3) is 0.294. The first-order chi connectivity index (χ1) is 9.66. The minimum absolute atomic E-state index is 0.0712. The SMILES string of the molecule is OC(Cc1c(F)cccc1Cl)C1CCc2ccccc21. The van der Waals surface area contributed by atoms with Crippen LogP contribution in [0, 0.1) is 5.82 Å². The minimum Gasteiger partial charge on any atom is -0.392 e. The van der Waals surface area contributed by atoms with E-state index < -0.39 is 6.10 Å². The third kappa shape index (κ3) is 2.46. The zero-order chi connectivity index (χ0) is 14.1. The molecule has 1 N–H and O–H groups in total. The molecule has 2 atom stereocenters. The second-order valence-corrected chi connectivity index (χ2v) is 5.72. The summed E-state index contributed by atoms with van der Waals surface area (Å²) in [5.74, 6) is -0.273. The standard InChI is InChI=1S/C17H16ClFO/c18-15-6-3-7-16(19)14(15)10-17(20)13-9-8-11-4-1-2-5-12(11)13/h1-7,13,17,20H,8-10H2. The van der Waals surface area contributed by atoms with E-state index in [2.05, 4.69) is 12.1 Å². The molecule has 20 heavy (non-hydrogen) atoms. The van der Waals surface area contributed by atoms with Crippen molar-refractivity contribution < 1.29 is 9.50 Å². The molecule has 2 aromatic carbocycles. The second-order valence-electron chi connectivity index (χ2n) is 5.32. The van der Waals surface area contributed by atoms with Gasteiger partial charge in [-0.2, -0.15) is 0 Å². The Morgan fingerprint density at radius 2 is 2.00 bits per heavy atom. The van der Waals surface area contributed by atoms with Gasteiger partial charge in [0.05, 0.1) is 6.10 Å². The van der Waals surface area contributed by atoms with Crippen LogP contribution in [0.2, 0.25) is 5.02 Å². The largest absolute Gasteiger partial charge is 0.392 e. The highest BCUT2D eigenvalue weighted by Gasteiger charge is 2.29. The summed E-state index contributed by atoms with van der Waals surface area (Å²) in [7, 11) is 0. The lowest BCUT2D eigenvalue weighted by molar-refractivity contribution is 0.142. The normalized spacial score (nSPS) is 18.9. The van der Waals surface area contributed by atoms with Crippen LogP contribution < -0.4 is 0 Å². The van der Waals surface area contributed by atoms with Crippen LogP contribution >= 0.6 is 11.6 Å². The van der Waals surface area contributed by atoms with Crippen molar-refractivity contribution in [1.29, 1.82) is 0 Å². The van der Waals surface area contributed by atoms with Crippen molar-refractivity contribution >= 4 is 11.6 Å². The van der Waals surface area contributed by atoms with Crippen molar-refractivity contribution in [2.45, 2.75) is 31.3 Å². The highest BCUT2D eigenvalue weighted by Crippen LogP contribution is 2.37. The lowest BCUT2D eigenvalue weighted by atomic mass is 9.91. The van der Waals surface area contributed by atoms with Gasteiger partial charge in [0.1, 0.15) is 5.82 Å². The first-order valence-corrected chi connectivity index (χ1v) is 7.23. The van der Waals surface area contributed by atoms with Crippen LogP contribution in [0.25, 0.3) is 0 Å². The lowest BCUT2D eigenvalue weighted by Gasteiger charge is -2.20. The van der Waals surface area contributed by atoms with E-state index in [1.807, 2.05) is 12.1 Å².